The molecule has 1 atom stereocenters. The Balaban J connectivity index is 1.94. The van der Waals surface area contributed by atoms with Crippen LogP contribution >= 0.6 is 11.6 Å². The first kappa shape index (κ1) is 14.2. The molecule has 1 aliphatic rings. The molecule has 4 nitrogen and oxygen atoms in total. The summed E-state index contributed by atoms with van der Waals surface area (Å²) in [5.74, 6) is 0.0632. The second-order valence-corrected chi connectivity index (χ2v) is 5.24. The molecule has 1 amide bonds. The van der Waals surface area contributed by atoms with E-state index in [4.69, 9.17) is 17.3 Å². The molecule has 1 heterocycles. The van der Waals surface area contributed by atoms with E-state index in [0.717, 1.165) is 36.9 Å². The predicted molar refractivity (Wildman–Crippen MR) is 78.5 cm³/mol. The fourth-order valence-corrected chi connectivity index (χ4v) is 2.45. The highest BCUT2D eigenvalue weighted by Gasteiger charge is 2.24. The molecular weight excluding hydrogens is 262 g/mol. The van der Waals surface area contributed by atoms with Crippen molar-refractivity contribution in [1.82, 2.24) is 4.90 Å². The van der Waals surface area contributed by atoms with Crippen molar-refractivity contribution < 1.29 is 4.79 Å². The summed E-state index contributed by atoms with van der Waals surface area (Å²) in [5, 5.41) is 0.740. The number of rotatable bonds is 3. The third-order valence-corrected chi connectivity index (χ3v) is 3.76. The smallest absolute Gasteiger partial charge is 0.239 e. The first-order valence-corrected chi connectivity index (χ1v) is 7.04. The van der Waals surface area contributed by atoms with E-state index in [-0.39, 0.29) is 11.9 Å². The lowest BCUT2D eigenvalue weighted by Crippen LogP contribution is -2.53. The van der Waals surface area contributed by atoms with Crippen LogP contribution in [0.4, 0.5) is 5.69 Å². The second-order valence-electron chi connectivity index (χ2n) is 4.81. The van der Waals surface area contributed by atoms with E-state index in [9.17, 15) is 4.79 Å². The van der Waals surface area contributed by atoms with Crippen molar-refractivity contribution in [2.45, 2.75) is 19.4 Å². The molecule has 1 aliphatic heterocycles. The van der Waals surface area contributed by atoms with Crippen LogP contribution in [0.5, 0.6) is 0 Å². The average Bonchev–Trinajstić information content (AvgIpc) is 2.46. The lowest BCUT2D eigenvalue weighted by molar-refractivity contribution is -0.132. The van der Waals surface area contributed by atoms with Crippen molar-refractivity contribution >= 4 is 23.2 Å². The summed E-state index contributed by atoms with van der Waals surface area (Å²) in [6.07, 6.45) is 0.688. The Kier molecular flexibility index (Phi) is 4.66. The number of benzene rings is 1. The number of carbonyl (C=O) groups is 1. The highest BCUT2D eigenvalue weighted by atomic mass is 35.5. The Hall–Kier alpha value is -1.26. The van der Waals surface area contributed by atoms with Crippen molar-refractivity contribution in [3.8, 4) is 0 Å². The number of nitrogens with two attached hydrogens (primary N) is 1. The number of anilines is 1. The van der Waals surface area contributed by atoms with Crippen molar-refractivity contribution in [3.05, 3.63) is 29.3 Å². The second kappa shape index (κ2) is 6.26. The Morgan fingerprint density at radius 1 is 1.37 bits per heavy atom. The average molecular weight is 282 g/mol. The minimum Gasteiger partial charge on any atom is -0.368 e. The Bertz CT molecular complexity index is 444. The van der Waals surface area contributed by atoms with E-state index in [1.54, 1.807) is 0 Å². The molecule has 1 saturated heterocycles. The highest BCUT2D eigenvalue weighted by Crippen LogP contribution is 2.20. The van der Waals surface area contributed by atoms with Crippen molar-refractivity contribution in [1.29, 1.82) is 0 Å². The van der Waals surface area contributed by atoms with Crippen molar-refractivity contribution in [2.75, 3.05) is 31.1 Å². The Morgan fingerprint density at radius 2 is 2.05 bits per heavy atom. The third kappa shape index (κ3) is 3.39. The summed E-state index contributed by atoms with van der Waals surface area (Å²) in [7, 11) is 0. The fourth-order valence-electron chi connectivity index (χ4n) is 2.27. The maximum absolute atomic E-state index is 12.0. The van der Waals surface area contributed by atoms with Crippen molar-refractivity contribution in [3.63, 3.8) is 0 Å². The predicted octanol–water partition coefficient (Wildman–Crippen LogP) is 1.73. The molecule has 0 aromatic heterocycles. The standard InChI is InChI=1S/C14H20ClN3O/c1-2-13(16)14(19)18-8-6-17(7-9-18)12-5-3-4-11(15)10-12/h3-5,10,13H,2,6-9,16H2,1H3/t13-/m0/s1. The van der Waals surface area contributed by atoms with Gasteiger partial charge in [0.15, 0.2) is 0 Å². The normalized spacial score (nSPS) is 17.4. The van der Waals surface area contributed by atoms with E-state index in [1.807, 2.05) is 36.1 Å². The van der Waals surface area contributed by atoms with Gasteiger partial charge in [0.1, 0.15) is 0 Å². The van der Waals surface area contributed by atoms with Gasteiger partial charge in [0.25, 0.3) is 0 Å². The number of halogens is 1. The first-order valence-electron chi connectivity index (χ1n) is 6.66. The number of piperazine rings is 1. The van der Waals surface area contributed by atoms with Crippen LogP contribution in [0.1, 0.15) is 13.3 Å². The highest BCUT2D eigenvalue weighted by molar-refractivity contribution is 6.30. The molecule has 1 aromatic carbocycles. The van der Waals surface area contributed by atoms with Gasteiger partial charge in [-0.05, 0) is 24.6 Å². The molecule has 5 heteroatoms. The van der Waals surface area contributed by atoms with Gasteiger partial charge in [0.05, 0.1) is 6.04 Å². The zero-order valence-electron chi connectivity index (χ0n) is 11.2. The van der Waals surface area contributed by atoms with Crippen LogP contribution < -0.4 is 10.6 Å². The zero-order chi connectivity index (χ0) is 13.8. The van der Waals surface area contributed by atoms with Gasteiger partial charge in [0.2, 0.25) is 5.91 Å². The molecule has 0 aliphatic carbocycles. The van der Waals surface area contributed by atoms with Crippen LogP contribution in [0, 0.1) is 0 Å². The molecule has 1 aromatic rings. The molecule has 19 heavy (non-hydrogen) atoms. The maximum Gasteiger partial charge on any atom is 0.239 e. The number of carbonyl (C=O) groups excluding carboxylic acids is 1. The number of amides is 1. The van der Waals surface area contributed by atoms with Crippen LogP contribution in [-0.2, 0) is 4.79 Å². The molecule has 2 rings (SSSR count). The lowest BCUT2D eigenvalue weighted by Gasteiger charge is -2.37. The third-order valence-electron chi connectivity index (χ3n) is 3.52. The van der Waals surface area contributed by atoms with Gasteiger partial charge in [-0.15, -0.1) is 0 Å². The molecule has 0 spiro atoms. The summed E-state index contributed by atoms with van der Waals surface area (Å²) in [6.45, 7) is 5.02. The lowest BCUT2D eigenvalue weighted by atomic mass is 10.2. The molecule has 1 fully saturated rings. The van der Waals surface area contributed by atoms with Crippen LogP contribution in [0.2, 0.25) is 5.02 Å². The molecule has 0 saturated carbocycles. The van der Waals surface area contributed by atoms with Crippen molar-refractivity contribution in [2.24, 2.45) is 5.73 Å². The van der Waals surface area contributed by atoms with E-state index in [1.165, 1.54) is 0 Å². The number of hydrogen-bond donors (Lipinski definition) is 1. The van der Waals surface area contributed by atoms with Crippen LogP contribution in [0.15, 0.2) is 24.3 Å². The summed E-state index contributed by atoms with van der Waals surface area (Å²) in [4.78, 5) is 16.1. The topological polar surface area (TPSA) is 49.6 Å². The monoisotopic (exact) mass is 281 g/mol. The summed E-state index contributed by atoms with van der Waals surface area (Å²) in [6, 6.07) is 7.45. The van der Waals surface area contributed by atoms with E-state index in [2.05, 4.69) is 4.90 Å². The fraction of sp³-hybridized carbons (Fsp3) is 0.500. The molecule has 0 radical (unpaired) electrons. The van der Waals surface area contributed by atoms with E-state index < -0.39 is 0 Å². The van der Waals surface area contributed by atoms with Gasteiger partial charge in [-0.1, -0.05) is 24.6 Å². The van der Waals surface area contributed by atoms with Gasteiger partial charge < -0.3 is 15.5 Å². The van der Waals surface area contributed by atoms with Gasteiger partial charge in [-0.2, -0.15) is 0 Å². The van der Waals surface area contributed by atoms with E-state index >= 15 is 0 Å². The molecule has 104 valence electrons. The Labute approximate surface area is 119 Å². The summed E-state index contributed by atoms with van der Waals surface area (Å²) >= 11 is 6.00. The quantitative estimate of drug-likeness (QED) is 0.918. The van der Waals surface area contributed by atoms with Gasteiger partial charge in [-0.25, -0.2) is 0 Å². The van der Waals surface area contributed by atoms with Crippen LogP contribution in [0.25, 0.3) is 0 Å². The van der Waals surface area contributed by atoms with Crippen LogP contribution in [0.3, 0.4) is 0 Å². The largest absolute Gasteiger partial charge is 0.368 e. The van der Waals surface area contributed by atoms with Gasteiger partial charge in [-0.3, -0.25) is 4.79 Å². The number of hydrogen-bond acceptors (Lipinski definition) is 3. The van der Waals surface area contributed by atoms with Crippen LogP contribution in [-0.4, -0.2) is 43.0 Å². The van der Waals surface area contributed by atoms with Gasteiger partial charge >= 0.3 is 0 Å². The van der Waals surface area contributed by atoms with E-state index in [0.29, 0.717) is 6.42 Å². The minimum absolute atomic E-state index is 0.0632. The van der Waals surface area contributed by atoms with Gasteiger partial charge in [0, 0.05) is 36.9 Å². The maximum atomic E-state index is 12.0. The summed E-state index contributed by atoms with van der Waals surface area (Å²) < 4.78 is 0. The summed E-state index contributed by atoms with van der Waals surface area (Å²) in [5.41, 5.74) is 6.90. The SMILES string of the molecule is CC[C@H](N)C(=O)N1CCN(c2cccc(Cl)c2)CC1. The molecule has 0 unspecified atom stereocenters. The minimum atomic E-state index is -0.363. The molecular formula is C14H20ClN3O. The zero-order valence-corrected chi connectivity index (χ0v) is 11.9. The molecule has 0 bridgehead atoms. The molecule has 2 N–H and O–H groups in total. The number of nitrogens with zero attached hydrogens (tertiary/aromatic N) is 2. The Morgan fingerprint density at radius 3 is 2.63 bits per heavy atom. The first-order chi connectivity index (χ1) is 9.11.